The summed E-state index contributed by atoms with van der Waals surface area (Å²) in [6.07, 6.45) is -0.614. The summed E-state index contributed by atoms with van der Waals surface area (Å²) in [6.45, 7) is 6.58. The molecule has 5 heteroatoms. The third kappa shape index (κ3) is 6.27. The van der Waals surface area contributed by atoms with Gasteiger partial charge in [-0.2, -0.15) is 0 Å². The lowest BCUT2D eigenvalue weighted by atomic mass is 10.1. The number of anilines is 1. The highest BCUT2D eigenvalue weighted by molar-refractivity contribution is 5.94. The van der Waals surface area contributed by atoms with Gasteiger partial charge in [0.05, 0.1) is 0 Å². The van der Waals surface area contributed by atoms with E-state index in [1.807, 2.05) is 74.5 Å². The van der Waals surface area contributed by atoms with Gasteiger partial charge in [-0.3, -0.25) is 4.79 Å². The molecule has 0 fully saturated rings. The molecule has 0 aliphatic carbocycles. The predicted octanol–water partition coefficient (Wildman–Crippen LogP) is 5.17. The van der Waals surface area contributed by atoms with E-state index in [4.69, 9.17) is 14.2 Å². The summed E-state index contributed by atoms with van der Waals surface area (Å²) in [5.41, 5.74) is 2.77. The van der Waals surface area contributed by atoms with Crippen molar-refractivity contribution in [1.29, 1.82) is 0 Å². The molecule has 0 saturated carbocycles. The van der Waals surface area contributed by atoms with Crippen LogP contribution in [-0.4, -0.2) is 25.2 Å². The van der Waals surface area contributed by atoms with Crippen LogP contribution in [0.4, 0.5) is 5.69 Å². The van der Waals surface area contributed by atoms with Crippen LogP contribution in [0, 0.1) is 13.8 Å². The lowest BCUT2D eigenvalue weighted by Gasteiger charge is -2.17. The summed E-state index contributed by atoms with van der Waals surface area (Å²) in [6, 6.07) is 22.8. The maximum atomic E-state index is 12.5. The second kappa shape index (κ2) is 10.3. The zero-order valence-electron chi connectivity index (χ0n) is 17.6. The zero-order valence-corrected chi connectivity index (χ0v) is 17.6. The average molecular weight is 405 g/mol. The van der Waals surface area contributed by atoms with Crippen molar-refractivity contribution < 1.29 is 19.0 Å². The van der Waals surface area contributed by atoms with Crippen molar-refractivity contribution in [3.63, 3.8) is 0 Å². The third-order valence-corrected chi connectivity index (χ3v) is 4.50. The smallest absolute Gasteiger partial charge is 0.265 e. The summed E-state index contributed by atoms with van der Waals surface area (Å²) in [7, 11) is 0. The number of ether oxygens (including phenoxy) is 3. The van der Waals surface area contributed by atoms with Crippen molar-refractivity contribution in [3.8, 4) is 17.2 Å². The van der Waals surface area contributed by atoms with Gasteiger partial charge < -0.3 is 19.5 Å². The van der Waals surface area contributed by atoms with E-state index in [1.54, 1.807) is 19.1 Å². The van der Waals surface area contributed by atoms with Crippen molar-refractivity contribution in [2.45, 2.75) is 26.9 Å². The Hall–Kier alpha value is -3.47. The number of para-hydroxylation sites is 1. The van der Waals surface area contributed by atoms with Crippen LogP contribution in [0.1, 0.15) is 18.1 Å². The van der Waals surface area contributed by atoms with Crippen molar-refractivity contribution in [2.75, 3.05) is 18.5 Å². The minimum absolute atomic E-state index is 0.208. The standard InChI is InChI=1S/C25H27NO4/c1-18-9-10-19(2)24(17-18)30-20(3)25(27)26-21-11-13-23(14-12-21)29-16-15-28-22-7-5-4-6-8-22/h4-14,17,20H,15-16H2,1-3H3,(H,26,27)/t20-/m1/s1. The molecule has 0 aromatic heterocycles. The number of carbonyl (C=O) groups excluding carboxylic acids is 1. The van der Waals surface area contributed by atoms with E-state index in [1.165, 1.54) is 0 Å². The van der Waals surface area contributed by atoms with Crippen LogP contribution in [0.2, 0.25) is 0 Å². The van der Waals surface area contributed by atoms with Crippen LogP contribution in [-0.2, 0) is 4.79 Å². The topological polar surface area (TPSA) is 56.8 Å². The molecular formula is C25H27NO4. The molecule has 3 aromatic rings. The molecule has 156 valence electrons. The number of aryl methyl sites for hydroxylation is 2. The molecule has 3 aromatic carbocycles. The molecule has 0 spiro atoms. The van der Waals surface area contributed by atoms with Gasteiger partial charge >= 0.3 is 0 Å². The Morgan fingerprint density at radius 1 is 0.867 bits per heavy atom. The van der Waals surface area contributed by atoms with Gasteiger partial charge in [-0.1, -0.05) is 30.3 Å². The highest BCUT2D eigenvalue weighted by Crippen LogP contribution is 2.21. The highest BCUT2D eigenvalue weighted by atomic mass is 16.5. The summed E-state index contributed by atoms with van der Waals surface area (Å²) < 4.78 is 17.1. The molecular weight excluding hydrogens is 378 g/mol. The van der Waals surface area contributed by atoms with Gasteiger partial charge in [0.25, 0.3) is 5.91 Å². The molecule has 3 rings (SSSR count). The Balaban J connectivity index is 1.45. The number of nitrogens with one attached hydrogen (secondary N) is 1. The molecule has 0 heterocycles. The fraction of sp³-hybridized carbons (Fsp3) is 0.240. The summed E-state index contributed by atoms with van der Waals surface area (Å²) in [5.74, 6) is 2.04. The number of hydrogen-bond acceptors (Lipinski definition) is 4. The number of amides is 1. The van der Waals surface area contributed by atoms with Crippen LogP contribution in [0.15, 0.2) is 72.8 Å². The fourth-order valence-electron chi connectivity index (χ4n) is 2.79. The second-order valence-corrected chi connectivity index (χ2v) is 7.05. The lowest BCUT2D eigenvalue weighted by Crippen LogP contribution is -2.30. The minimum atomic E-state index is -0.614. The van der Waals surface area contributed by atoms with E-state index in [0.717, 1.165) is 22.6 Å². The number of rotatable bonds is 9. The first-order chi connectivity index (χ1) is 14.5. The molecule has 0 radical (unpaired) electrons. The summed E-state index contributed by atoms with van der Waals surface area (Å²) in [5, 5.41) is 2.87. The molecule has 0 unspecified atom stereocenters. The monoisotopic (exact) mass is 405 g/mol. The Morgan fingerprint density at radius 3 is 2.17 bits per heavy atom. The molecule has 0 bridgehead atoms. The first kappa shape index (κ1) is 21.2. The Morgan fingerprint density at radius 2 is 1.50 bits per heavy atom. The van der Waals surface area contributed by atoms with E-state index in [0.29, 0.717) is 24.7 Å². The Kier molecular flexibility index (Phi) is 7.33. The number of carbonyl (C=O) groups is 1. The second-order valence-electron chi connectivity index (χ2n) is 7.05. The van der Waals surface area contributed by atoms with Gasteiger partial charge in [-0.25, -0.2) is 0 Å². The summed E-state index contributed by atoms with van der Waals surface area (Å²) in [4.78, 5) is 12.5. The lowest BCUT2D eigenvalue weighted by molar-refractivity contribution is -0.122. The fourth-order valence-corrected chi connectivity index (χ4v) is 2.79. The maximum absolute atomic E-state index is 12.5. The third-order valence-electron chi connectivity index (χ3n) is 4.50. The van der Waals surface area contributed by atoms with Gasteiger partial charge in [0.15, 0.2) is 6.10 Å². The van der Waals surface area contributed by atoms with Crippen LogP contribution < -0.4 is 19.5 Å². The average Bonchev–Trinajstić information content (AvgIpc) is 2.75. The molecule has 1 N–H and O–H groups in total. The largest absolute Gasteiger partial charge is 0.490 e. The van der Waals surface area contributed by atoms with Gasteiger partial charge in [-0.15, -0.1) is 0 Å². The SMILES string of the molecule is Cc1ccc(C)c(O[C@H](C)C(=O)Nc2ccc(OCCOc3ccccc3)cc2)c1. The van der Waals surface area contributed by atoms with Gasteiger partial charge in [0.1, 0.15) is 30.5 Å². The molecule has 1 amide bonds. The summed E-state index contributed by atoms with van der Waals surface area (Å²) >= 11 is 0. The number of hydrogen-bond donors (Lipinski definition) is 1. The molecule has 30 heavy (non-hydrogen) atoms. The number of benzene rings is 3. The highest BCUT2D eigenvalue weighted by Gasteiger charge is 2.16. The van der Waals surface area contributed by atoms with Crippen molar-refractivity contribution in [3.05, 3.63) is 83.9 Å². The van der Waals surface area contributed by atoms with Crippen molar-refractivity contribution in [1.82, 2.24) is 0 Å². The van der Waals surface area contributed by atoms with E-state index in [2.05, 4.69) is 5.32 Å². The molecule has 1 atom stereocenters. The first-order valence-corrected chi connectivity index (χ1v) is 9.97. The maximum Gasteiger partial charge on any atom is 0.265 e. The van der Waals surface area contributed by atoms with Gasteiger partial charge in [0, 0.05) is 5.69 Å². The normalized spacial score (nSPS) is 11.4. The Labute approximate surface area is 177 Å². The van der Waals surface area contributed by atoms with Crippen LogP contribution in [0.3, 0.4) is 0 Å². The minimum Gasteiger partial charge on any atom is -0.490 e. The van der Waals surface area contributed by atoms with Gasteiger partial charge in [-0.05, 0) is 74.4 Å². The molecule has 0 aliphatic rings. The quantitative estimate of drug-likeness (QED) is 0.499. The van der Waals surface area contributed by atoms with E-state index >= 15 is 0 Å². The van der Waals surface area contributed by atoms with E-state index < -0.39 is 6.10 Å². The van der Waals surface area contributed by atoms with Crippen molar-refractivity contribution in [2.24, 2.45) is 0 Å². The predicted molar refractivity (Wildman–Crippen MR) is 119 cm³/mol. The van der Waals surface area contributed by atoms with Gasteiger partial charge in [0.2, 0.25) is 0 Å². The van der Waals surface area contributed by atoms with E-state index in [-0.39, 0.29) is 5.91 Å². The van der Waals surface area contributed by atoms with Crippen LogP contribution in [0.5, 0.6) is 17.2 Å². The first-order valence-electron chi connectivity index (χ1n) is 9.97. The zero-order chi connectivity index (χ0) is 21.3. The van der Waals surface area contributed by atoms with E-state index in [9.17, 15) is 4.79 Å². The van der Waals surface area contributed by atoms with Crippen LogP contribution in [0.25, 0.3) is 0 Å². The molecule has 0 aliphatic heterocycles. The molecule has 5 nitrogen and oxygen atoms in total. The van der Waals surface area contributed by atoms with Crippen LogP contribution >= 0.6 is 0 Å². The van der Waals surface area contributed by atoms with Crippen molar-refractivity contribution >= 4 is 11.6 Å². The Bertz CT molecular complexity index is 955. The molecule has 0 saturated heterocycles.